The van der Waals surface area contributed by atoms with E-state index in [0.717, 1.165) is 38.1 Å². The van der Waals surface area contributed by atoms with E-state index in [-0.39, 0.29) is 11.2 Å². The smallest absolute Gasteiger partial charge is 0.329 e. The van der Waals surface area contributed by atoms with Gasteiger partial charge in [-0.05, 0) is 30.3 Å². The molecule has 4 rings (SSSR count). The van der Waals surface area contributed by atoms with Gasteiger partial charge in [0.05, 0.1) is 35.2 Å². The highest BCUT2D eigenvalue weighted by Gasteiger charge is 2.31. The van der Waals surface area contributed by atoms with Crippen molar-refractivity contribution in [3.05, 3.63) is 70.3 Å². The van der Waals surface area contributed by atoms with Crippen LogP contribution in [0.5, 0.6) is 0 Å². The van der Waals surface area contributed by atoms with Gasteiger partial charge in [-0.2, -0.15) is 13.2 Å². The monoisotopic (exact) mass is 374 g/mol. The summed E-state index contributed by atoms with van der Waals surface area (Å²) in [5.74, 6) is 0.495. The minimum Gasteiger partial charge on any atom is -0.329 e. The van der Waals surface area contributed by atoms with Gasteiger partial charge >= 0.3 is 6.18 Å². The number of nitrogens with zero attached hydrogens (tertiary/aromatic N) is 2. The molecule has 7 heteroatoms. The summed E-state index contributed by atoms with van der Waals surface area (Å²) in [5, 5.41) is 0.398. The van der Waals surface area contributed by atoms with Gasteiger partial charge in [0.1, 0.15) is 6.54 Å². The average Bonchev–Trinajstić information content (AvgIpc) is 3.14. The molecular weight excluding hydrogens is 355 g/mol. The number of fused-ring (bicyclic) bond motifs is 1. The third-order valence-electron chi connectivity index (χ3n) is 5.00. The molecule has 0 radical (unpaired) electrons. The lowest BCUT2D eigenvalue weighted by Gasteiger charge is -2.18. The highest BCUT2D eigenvalue weighted by molar-refractivity contribution is 5.77. The van der Waals surface area contributed by atoms with Crippen LogP contribution in [0.3, 0.4) is 0 Å². The fraction of sp³-hybridized carbons (Fsp3) is 0.300. The molecule has 0 spiro atoms. The van der Waals surface area contributed by atoms with Gasteiger partial charge < -0.3 is 4.90 Å². The van der Waals surface area contributed by atoms with E-state index in [2.05, 4.69) is 4.98 Å². The Labute approximate surface area is 153 Å². The van der Waals surface area contributed by atoms with Crippen LogP contribution >= 0.6 is 0 Å². The summed E-state index contributed by atoms with van der Waals surface area (Å²) < 4.78 is 40.8. The summed E-state index contributed by atoms with van der Waals surface area (Å²) in [6.45, 7) is 2.47. The molecule has 0 unspecified atom stereocenters. The molecule has 0 saturated carbocycles. The largest absolute Gasteiger partial charge is 0.416 e. The second kappa shape index (κ2) is 6.81. The van der Waals surface area contributed by atoms with Gasteiger partial charge in [0.2, 0.25) is 0 Å². The molecule has 2 aromatic carbocycles. The summed E-state index contributed by atoms with van der Waals surface area (Å²) in [4.78, 5) is 19.0. The highest BCUT2D eigenvalue weighted by atomic mass is 19.4. The predicted molar refractivity (Wildman–Crippen MR) is 96.0 cm³/mol. The Balaban J connectivity index is 1.92. The van der Waals surface area contributed by atoms with E-state index < -0.39 is 11.7 Å². The van der Waals surface area contributed by atoms with Crippen molar-refractivity contribution in [1.29, 1.82) is 0 Å². The van der Waals surface area contributed by atoms with Crippen molar-refractivity contribution in [3.63, 3.8) is 0 Å². The Hall–Kier alpha value is -2.67. The summed E-state index contributed by atoms with van der Waals surface area (Å²) in [7, 11) is 0. The Morgan fingerprint density at radius 1 is 1.04 bits per heavy atom. The average molecular weight is 374 g/mol. The number of likely N-dealkylation sites (tertiary alicyclic amines) is 1. The third-order valence-corrected chi connectivity index (χ3v) is 5.00. The van der Waals surface area contributed by atoms with Crippen LogP contribution in [0.25, 0.3) is 16.6 Å². The van der Waals surface area contributed by atoms with Crippen molar-refractivity contribution < 1.29 is 18.1 Å². The van der Waals surface area contributed by atoms with E-state index in [0.29, 0.717) is 23.3 Å². The minimum atomic E-state index is -4.47. The van der Waals surface area contributed by atoms with E-state index in [9.17, 15) is 18.0 Å². The molecule has 1 aliphatic rings. The molecule has 140 valence electrons. The van der Waals surface area contributed by atoms with Crippen LogP contribution in [-0.2, 0) is 12.7 Å². The number of hydrogen-bond acceptors (Lipinski definition) is 2. The van der Waals surface area contributed by atoms with Gasteiger partial charge in [-0.15, -0.1) is 0 Å². The van der Waals surface area contributed by atoms with E-state index in [1.165, 1.54) is 21.6 Å². The fourth-order valence-corrected chi connectivity index (χ4v) is 3.66. The van der Waals surface area contributed by atoms with E-state index in [4.69, 9.17) is 0 Å². The van der Waals surface area contributed by atoms with Gasteiger partial charge in [0.15, 0.2) is 5.82 Å². The fourth-order valence-electron chi connectivity index (χ4n) is 3.66. The van der Waals surface area contributed by atoms with Crippen LogP contribution in [-0.4, -0.2) is 22.6 Å². The number of rotatable bonds is 3. The normalized spacial score (nSPS) is 15.5. The molecule has 1 saturated heterocycles. The topological polar surface area (TPSA) is 39.3 Å². The Kier molecular flexibility index (Phi) is 4.47. The summed E-state index contributed by atoms with van der Waals surface area (Å²) in [5.41, 5.74) is -0.353. The van der Waals surface area contributed by atoms with E-state index in [1.807, 2.05) is 0 Å². The van der Waals surface area contributed by atoms with Gasteiger partial charge in [-0.25, -0.2) is 4.98 Å². The lowest BCUT2D eigenvalue weighted by atomic mass is 10.1. The SMILES string of the molecule is O=c1c2ccccc2nc(C[NH+]2CCCC2)n1-c1cccc(C(F)(F)F)c1. The molecule has 4 nitrogen and oxygen atoms in total. The maximum atomic E-state index is 13.2. The number of nitrogens with one attached hydrogen (secondary N) is 1. The van der Waals surface area contributed by atoms with Crippen LogP contribution in [0.2, 0.25) is 0 Å². The summed E-state index contributed by atoms with van der Waals surface area (Å²) in [6, 6.07) is 11.8. The van der Waals surface area contributed by atoms with Gasteiger partial charge in [-0.3, -0.25) is 9.36 Å². The Bertz CT molecular complexity index is 1040. The maximum Gasteiger partial charge on any atom is 0.416 e. The molecule has 1 aromatic heterocycles. The van der Waals surface area contributed by atoms with Gasteiger partial charge in [0.25, 0.3) is 5.56 Å². The number of alkyl halides is 3. The number of halogens is 3. The van der Waals surface area contributed by atoms with Gasteiger partial charge in [-0.1, -0.05) is 18.2 Å². The maximum absolute atomic E-state index is 13.2. The molecule has 1 aliphatic heterocycles. The quantitative estimate of drug-likeness (QED) is 0.766. The third kappa shape index (κ3) is 3.47. The number of para-hydroxylation sites is 1. The zero-order chi connectivity index (χ0) is 19.0. The first-order valence-corrected chi connectivity index (χ1v) is 8.95. The van der Waals surface area contributed by atoms with Crippen molar-refractivity contribution in [1.82, 2.24) is 9.55 Å². The summed E-state index contributed by atoms with van der Waals surface area (Å²) >= 11 is 0. The van der Waals surface area contributed by atoms with Crippen LogP contribution in [0.15, 0.2) is 53.3 Å². The molecular formula is C20H19F3N3O+. The van der Waals surface area contributed by atoms with E-state index in [1.54, 1.807) is 24.3 Å². The number of aromatic nitrogens is 2. The van der Waals surface area contributed by atoms with Crippen LogP contribution in [0.1, 0.15) is 24.2 Å². The zero-order valence-corrected chi connectivity index (χ0v) is 14.6. The number of benzene rings is 2. The standard InChI is InChI=1S/C20H18F3N3O/c21-20(22,23)14-6-5-7-15(12-14)26-18(13-25-10-3-4-11-25)24-17-9-2-1-8-16(17)19(26)27/h1-2,5-9,12H,3-4,10-11,13H2/p+1. The first kappa shape index (κ1) is 17.7. The summed E-state index contributed by atoms with van der Waals surface area (Å²) in [6.07, 6.45) is -2.25. The zero-order valence-electron chi connectivity index (χ0n) is 14.6. The molecule has 0 bridgehead atoms. The Morgan fingerprint density at radius 2 is 1.78 bits per heavy atom. The molecule has 3 aromatic rings. The van der Waals surface area contributed by atoms with Crippen molar-refractivity contribution >= 4 is 10.9 Å². The highest BCUT2D eigenvalue weighted by Crippen LogP contribution is 2.30. The first-order valence-electron chi connectivity index (χ1n) is 8.95. The van der Waals surface area contributed by atoms with Crippen molar-refractivity contribution in [3.8, 4) is 5.69 Å². The van der Waals surface area contributed by atoms with Crippen molar-refractivity contribution in [2.24, 2.45) is 0 Å². The van der Waals surface area contributed by atoms with Gasteiger partial charge in [0, 0.05) is 12.8 Å². The molecule has 0 amide bonds. The molecule has 1 fully saturated rings. The van der Waals surface area contributed by atoms with Crippen LogP contribution < -0.4 is 10.5 Å². The van der Waals surface area contributed by atoms with Crippen LogP contribution in [0.4, 0.5) is 13.2 Å². The van der Waals surface area contributed by atoms with E-state index >= 15 is 0 Å². The van der Waals surface area contributed by atoms with Crippen molar-refractivity contribution in [2.45, 2.75) is 25.6 Å². The first-order chi connectivity index (χ1) is 12.9. The van der Waals surface area contributed by atoms with Crippen molar-refractivity contribution in [2.75, 3.05) is 13.1 Å². The molecule has 0 atom stereocenters. The molecule has 2 heterocycles. The molecule has 1 N–H and O–H groups in total. The minimum absolute atomic E-state index is 0.196. The molecule has 0 aliphatic carbocycles. The lowest BCUT2D eigenvalue weighted by molar-refractivity contribution is -0.902. The second-order valence-electron chi connectivity index (χ2n) is 6.87. The Morgan fingerprint density at radius 3 is 2.52 bits per heavy atom. The van der Waals surface area contributed by atoms with Crippen LogP contribution in [0, 0.1) is 0 Å². The number of quaternary nitrogens is 1. The second-order valence-corrected chi connectivity index (χ2v) is 6.87. The predicted octanol–water partition coefficient (Wildman–Crippen LogP) is 2.58. The number of hydrogen-bond donors (Lipinski definition) is 1. The lowest BCUT2D eigenvalue weighted by Crippen LogP contribution is -3.08. The molecule has 27 heavy (non-hydrogen) atoms.